The molecule has 0 aliphatic carbocycles. The van der Waals surface area contributed by atoms with Gasteiger partial charge in [-0.15, -0.1) is 0 Å². The molecular formula is C17H24N4O2. The van der Waals surface area contributed by atoms with E-state index in [-0.39, 0.29) is 6.04 Å². The fourth-order valence-electron chi connectivity index (χ4n) is 3.32. The molecule has 6 nitrogen and oxygen atoms in total. The number of fused-ring (bicyclic) bond motifs is 1. The predicted octanol–water partition coefficient (Wildman–Crippen LogP) is -0.0144. The highest BCUT2D eigenvalue weighted by Crippen LogP contribution is 2.31. The largest absolute Gasteiger partial charge is 0.347 e. The van der Waals surface area contributed by atoms with Crippen molar-refractivity contribution in [2.24, 2.45) is 0 Å². The van der Waals surface area contributed by atoms with Crippen molar-refractivity contribution in [3.63, 3.8) is 0 Å². The van der Waals surface area contributed by atoms with Gasteiger partial charge in [0.15, 0.2) is 0 Å². The molecule has 1 saturated heterocycles. The van der Waals surface area contributed by atoms with Crippen LogP contribution in [-0.2, 0) is 16.0 Å². The van der Waals surface area contributed by atoms with E-state index in [1.54, 1.807) is 4.90 Å². The maximum absolute atomic E-state index is 12.5. The molecule has 2 amide bonds. The second kappa shape index (κ2) is 7.10. The molecule has 3 rings (SSSR count). The Bertz CT molecular complexity index is 584. The first-order chi connectivity index (χ1) is 11.2. The number of hydrogen-bond acceptors (Lipinski definition) is 4. The summed E-state index contributed by atoms with van der Waals surface area (Å²) >= 11 is 0. The summed E-state index contributed by atoms with van der Waals surface area (Å²) in [6.07, 6.45) is 0.802. The normalized spacial score (nSPS) is 21.1. The van der Waals surface area contributed by atoms with Gasteiger partial charge in [0.25, 0.3) is 0 Å². The van der Waals surface area contributed by atoms with Crippen molar-refractivity contribution in [2.75, 3.05) is 44.2 Å². The number of nitrogens with one attached hydrogen (secondary N) is 2. The minimum absolute atomic E-state index is 0.0267. The first-order valence-electron chi connectivity index (χ1n) is 8.29. The zero-order chi connectivity index (χ0) is 16.2. The highest BCUT2D eigenvalue weighted by atomic mass is 16.2. The van der Waals surface area contributed by atoms with Crippen LogP contribution in [0.15, 0.2) is 24.3 Å². The van der Waals surface area contributed by atoms with E-state index in [9.17, 15) is 9.59 Å². The van der Waals surface area contributed by atoms with Gasteiger partial charge in [-0.25, -0.2) is 0 Å². The zero-order valence-electron chi connectivity index (χ0n) is 13.5. The van der Waals surface area contributed by atoms with Crippen LogP contribution in [0.2, 0.25) is 0 Å². The van der Waals surface area contributed by atoms with E-state index in [0.717, 1.165) is 50.4 Å². The van der Waals surface area contributed by atoms with Gasteiger partial charge in [-0.05, 0) is 25.0 Å². The molecule has 0 radical (unpaired) electrons. The van der Waals surface area contributed by atoms with E-state index < -0.39 is 11.8 Å². The number of hydrogen-bond donors (Lipinski definition) is 2. The van der Waals surface area contributed by atoms with E-state index in [0.29, 0.717) is 6.54 Å². The molecule has 1 unspecified atom stereocenters. The highest BCUT2D eigenvalue weighted by molar-refractivity contribution is 6.40. The Morgan fingerprint density at radius 2 is 2.00 bits per heavy atom. The molecule has 2 aliphatic rings. The van der Waals surface area contributed by atoms with Gasteiger partial charge in [0, 0.05) is 51.0 Å². The Morgan fingerprint density at radius 1 is 1.26 bits per heavy atom. The Morgan fingerprint density at radius 3 is 2.78 bits per heavy atom. The van der Waals surface area contributed by atoms with Gasteiger partial charge >= 0.3 is 11.8 Å². The first-order valence-corrected chi connectivity index (χ1v) is 8.29. The third kappa shape index (κ3) is 3.54. The van der Waals surface area contributed by atoms with Crippen molar-refractivity contribution < 1.29 is 9.59 Å². The van der Waals surface area contributed by atoms with Crippen molar-refractivity contribution in [1.82, 2.24) is 15.5 Å². The fourth-order valence-corrected chi connectivity index (χ4v) is 3.32. The second-order valence-electron chi connectivity index (χ2n) is 6.20. The average molecular weight is 316 g/mol. The van der Waals surface area contributed by atoms with Crippen LogP contribution in [0.4, 0.5) is 5.69 Å². The van der Waals surface area contributed by atoms with Gasteiger partial charge in [0.1, 0.15) is 0 Å². The fraction of sp³-hybridized carbons (Fsp3) is 0.529. The maximum Gasteiger partial charge on any atom is 0.316 e. The predicted molar refractivity (Wildman–Crippen MR) is 89.4 cm³/mol. The van der Waals surface area contributed by atoms with Gasteiger partial charge in [0.2, 0.25) is 0 Å². The molecule has 1 fully saturated rings. The van der Waals surface area contributed by atoms with Gasteiger partial charge in [-0.1, -0.05) is 18.2 Å². The molecule has 6 heteroatoms. The minimum atomic E-state index is -0.510. The lowest BCUT2D eigenvalue weighted by atomic mass is 10.1. The van der Waals surface area contributed by atoms with Crippen LogP contribution < -0.4 is 15.5 Å². The van der Waals surface area contributed by atoms with E-state index >= 15 is 0 Å². The minimum Gasteiger partial charge on any atom is -0.347 e. The van der Waals surface area contributed by atoms with E-state index in [4.69, 9.17) is 0 Å². The second-order valence-corrected chi connectivity index (χ2v) is 6.20. The number of carbonyl (C=O) groups is 2. The van der Waals surface area contributed by atoms with Gasteiger partial charge in [-0.3, -0.25) is 14.5 Å². The van der Waals surface area contributed by atoms with E-state index in [2.05, 4.69) is 15.5 Å². The van der Waals surface area contributed by atoms with Crippen molar-refractivity contribution in [3.8, 4) is 0 Å². The Hall–Kier alpha value is -1.92. The molecule has 0 aromatic heterocycles. The molecule has 1 aromatic carbocycles. The van der Waals surface area contributed by atoms with Crippen LogP contribution >= 0.6 is 0 Å². The molecule has 0 spiro atoms. The van der Waals surface area contributed by atoms with Crippen molar-refractivity contribution >= 4 is 17.5 Å². The topological polar surface area (TPSA) is 64.7 Å². The van der Waals surface area contributed by atoms with Crippen LogP contribution in [0.5, 0.6) is 0 Å². The van der Waals surface area contributed by atoms with Gasteiger partial charge in [-0.2, -0.15) is 0 Å². The quantitative estimate of drug-likeness (QED) is 0.770. The summed E-state index contributed by atoms with van der Waals surface area (Å²) in [6, 6.07) is 7.82. The SMILES string of the molecule is CC1Cc2ccccc2N1C(=O)C(=O)NCCN1CCNCC1. The van der Waals surface area contributed by atoms with Gasteiger partial charge in [0.05, 0.1) is 0 Å². The number of amides is 2. The summed E-state index contributed by atoms with van der Waals surface area (Å²) in [5.74, 6) is -0.966. The summed E-state index contributed by atoms with van der Waals surface area (Å²) in [5.41, 5.74) is 1.99. The van der Waals surface area contributed by atoms with Crippen LogP contribution in [0.3, 0.4) is 0 Å². The molecule has 1 atom stereocenters. The smallest absolute Gasteiger partial charge is 0.316 e. The number of piperazine rings is 1. The van der Waals surface area contributed by atoms with Crippen LogP contribution in [0, 0.1) is 0 Å². The first kappa shape index (κ1) is 16.0. The monoisotopic (exact) mass is 316 g/mol. The Kier molecular flexibility index (Phi) is 4.93. The number of rotatable bonds is 3. The highest BCUT2D eigenvalue weighted by Gasteiger charge is 2.33. The molecule has 0 saturated carbocycles. The van der Waals surface area contributed by atoms with Crippen LogP contribution in [0.25, 0.3) is 0 Å². The van der Waals surface area contributed by atoms with Crippen molar-refractivity contribution in [3.05, 3.63) is 29.8 Å². The summed E-state index contributed by atoms with van der Waals surface area (Å²) in [7, 11) is 0. The Balaban J connectivity index is 1.54. The number of carbonyl (C=O) groups excluding carboxylic acids is 2. The Labute approximate surface area is 136 Å². The third-order valence-corrected chi connectivity index (χ3v) is 4.54. The summed E-state index contributed by atoms with van der Waals surface area (Å²) in [5, 5.41) is 6.06. The zero-order valence-corrected chi connectivity index (χ0v) is 13.5. The lowest BCUT2D eigenvalue weighted by Gasteiger charge is -2.27. The van der Waals surface area contributed by atoms with Gasteiger partial charge < -0.3 is 15.5 Å². The maximum atomic E-state index is 12.5. The summed E-state index contributed by atoms with van der Waals surface area (Å²) < 4.78 is 0. The van der Waals surface area contributed by atoms with Crippen molar-refractivity contribution in [2.45, 2.75) is 19.4 Å². The summed E-state index contributed by atoms with van der Waals surface area (Å²) in [4.78, 5) is 28.6. The van der Waals surface area contributed by atoms with Crippen LogP contribution in [-0.4, -0.2) is 62.0 Å². The van der Waals surface area contributed by atoms with E-state index in [1.807, 2.05) is 31.2 Å². The molecule has 2 N–H and O–H groups in total. The standard InChI is InChI=1S/C17H24N4O2/c1-13-12-14-4-2-3-5-15(14)21(13)17(23)16(22)19-8-11-20-9-6-18-7-10-20/h2-5,13,18H,6-12H2,1H3,(H,19,22). The average Bonchev–Trinajstić information content (AvgIpc) is 2.90. The number of para-hydroxylation sites is 1. The number of anilines is 1. The summed E-state index contributed by atoms with van der Waals surface area (Å²) in [6.45, 7) is 7.21. The third-order valence-electron chi connectivity index (χ3n) is 4.54. The molecule has 1 aromatic rings. The molecular weight excluding hydrogens is 292 g/mol. The molecule has 0 bridgehead atoms. The number of benzene rings is 1. The lowest BCUT2D eigenvalue weighted by Crippen LogP contribution is -2.49. The van der Waals surface area contributed by atoms with Crippen molar-refractivity contribution in [1.29, 1.82) is 0 Å². The van der Waals surface area contributed by atoms with Crippen LogP contribution in [0.1, 0.15) is 12.5 Å². The molecule has 124 valence electrons. The van der Waals surface area contributed by atoms with E-state index in [1.165, 1.54) is 0 Å². The molecule has 2 aliphatic heterocycles. The number of nitrogens with zero attached hydrogens (tertiary/aromatic N) is 2. The molecule has 23 heavy (non-hydrogen) atoms. The lowest BCUT2D eigenvalue weighted by molar-refractivity contribution is -0.137. The molecule has 2 heterocycles.